The van der Waals surface area contributed by atoms with Gasteiger partial charge in [0, 0.05) is 13.7 Å². The highest BCUT2D eigenvalue weighted by Gasteiger charge is 2.32. The Hall–Kier alpha value is -0.650. The number of ether oxygens (including phenoxy) is 2. The van der Waals surface area contributed by atoms with Gasteiger partial charge in [-0.1, -0.05) is 13.3 Å². The highest BCUT2D eigenvalue weighted by atomic mass is 16.5. The number of rotatable bonds is 8. The molecule has 1 aliphatic rings. The van der Waals surface area contributed by atoms with Gasteiger partial charge in [0.05, 0.1) is 19.8 Å². The lowest BCUT2D eigenvalue weighted by Gasteiger charge is -2.36. The number of carboxylic acids is 1. The largest absolute Gasteiger partial charge is 0.480 e. The number of likely N-dealkylation sites (tertiary alicyclic amines) is 1. The maximum Gasteiger partial charge on any atom is 0.320 e. The molecule has 106 valence electrons. The van der Waals surface area contributed by atoms with Crippen LogP contribution in [-0.2, 0) is 14.3 Å². The minimum Gasteiger partial charge on any atom is -0.480 e. The van der Waals surface area contributed by atoms with Crippen LogP contribution in [0.2, 0.25) is 0 Å². The molecule has 2 atom stereocenters. The zero-order valence-corrected chi connectivity index (χ0v) is 11.4. The normalized spacial score (nSPS) is 25.2. The summed E-state index contributed by atoms with van der Waals surface area (Å²) >= 11 is 0. The van der Waals surface area contributed by atoms with Crippen LogP contribution in [0.1, 0.15) is 26.2 Å². The van der Waals surface area contributed by atoms with Crippen molar-refractivity contribution < 1.29 is 19.4 Å². The predicted molar refractivity (Wildman–Crippen MR) is 68.7 cm³/mol. The van der Waals surface area contributed by atoms with Gasteiger partial charge in [0.1, 0.15) is 6.04 Å². The molecule has 0 radical (unpaired) electrons. The van der Waals surface area contributed by atoms with E-state index in [1.165, 1.54) is 0 Å². The second-order valence-electron chi connectivity index (χ2n) is 4.79. The molecule has 0 aromatic heterocycles. The molecule has 2 unspecified atom stereocenters. The first-order valence-corrected chi connectivity index (χ1v) is 6.72. The van der Waals surface area contributed by atoms with E-state index < -0.39 is 5.97 Å². The fraction of sp³-hybridized carbons (Fsp3) is 0.923. The minimum atomic E-state index is -0.704. The fourth-order valence-corrected chi connectivity index (χ4v) is 2.41. The first-order chi connectivity index (χ1) is 8.69. The first-order valence-electron chi connectivity index (χ1n) is 6.72. The Morgan fingerprint density at radius 3 is 2.78 bits per heavy atom. The van der Waals surface area contributed by atoms with Gasteiger partial charge in [-0.3, -0.25) is 9.69 Å². The fourth-order valence-electron chi connectivity index (χ4n) is 2.41. The molecule has 1 rings (SSSR count). The van der Waals surface area contributed by atoms with Crippen molar-refractivity contribution >= 4 is 5.97 Å². The van der Waals surface area contributed by atoms with Crippen LogP contribution in [0.5, 0.6) is 0 Å². The SMILES string of the molecule is CCC1CCN(CCOCCOC)C(C(=O)O)C1. The minimum absolute atomic E-state index is 0.338. The molecule has 1 aliphatic heterocycles. The average Bonchev–Trinajstić information content (AvgIpc) is 2.38. The Kier molecular flexibility index (Phi) is 7.23. The van der Waals surface area contributed by atoms with Crippen LogP contribution >= 0.6 is 0 Å². The summed E-state index contributed by atoms with van der Waals surface area (Å²) in [4.78, 5) is 13.3. The summed E-state index contributed by atoms with van der Waals surface area (Å²) in [6.45, 7) is 5.41. The van der Waals surface area contributed by atoms with Gasteiger partial charge < -0.3 is 14.6 Å². The second kappa shape index (κ2) is 8.45. The standard InChI is InChI=1S/C13H25NO4/c1-3-11-4-5-14(12(10-11)13(15)16)6-7-18-9-8-17-2/h11-12H,3-10H2,1-2H3,(H,15,16). The summed E-state index contributed by atoms with van der Waals surface area (Å²) in [6, 6.07) is -0.338. The average molecular weight is 259 g/mol. The maximum atomic E-state index is 11.3. The quantitative estimate of drug-likeness (QED) is 0.664. The van der Waals surface area contributed by atoms with E-state index >= 15 is 0 Å². The van der Waals surface area contributed by atoms with Crippen molar-refractivity contribution in [2.75, 3.05) is 40.0 Å². The highest BCUT2D eigenvalue weighted by molar-refractivity contribution is 5.73. The van der Waals surface area contributed by atoms with Crippen molar-refractivity contribution in [3.8, 4) is 0 Å². The van der Waals surface area contributed by atoms with Gasteiger partial charge >= 0.3 is 5.97 Å². The lowest BCUT2D eigenvalue weighted by Crippen LogP contribution is -2.48. The van der Waals surface area contributed by atoms with Crippen molar-refractivity contribution in [1.82, 2.24) is 4.90 Å². The van der Waals surface area contributed by atoms with Crippen molar-refractivity contribution in [3.05, 3.63) is 0 Å². The van der Waals surface area contributed by atoms with Gasteiger partial charge in [0.2, 0.25) is 0 Å². The lowest BCUT2D eigenvalue weighted by molar-refractivity contribution is -0.145. The Labute approximate surface area is 109 Å². The van der Waals surface area contributed by atoms with E-state index in [1.54, 1.807) is 7.11 Å². The molecular formula is C13H25NO4. The molecule has 5 heteroatoms. The summed E-state index contributed by atoms with van der Waals surface area (Å²) in [7, 11) is 1.64. The van der Waals surface area contributed by atoms with Gasteiger partial charge in [0.15, 0.2) is 0 Å². The number of carbonyl (C=O) groups is 1. The van der Waals surface area contributed by atoms with E-state index in [9.17, 15) is 9.90 Å². The van der Waals surface area contributed by atoms with Gasteiger partial charge in [-0.15, -0.1) is 0 Å². The Morgan fingerprint density at radius 1 is 1.39 bits per heavy atom. The van der Waals surface area contributed by atoms with Crippen molar-refractivity contribution in [2.24, 2.45) is 5.92 Å². The highest BCUT2D eigenvalue weighted by Crippen LogP contribution is 2.25. The Bertz CT molecular complexity index is 247. The molecular weight excluding hydrogens is 234 g/mol. The molecule has 1 heterocycles. The van der Waals surface area contributed by atoms with Gasteiger partial charge in [-0.25, -0.2) is 0 Å². The molecule has 5 nitrogen and oxygen atoms in total. The summed E-state index contributed by atoms with van der Waals surface area (Å²) in [5, 5.41) is 9.26. The van der Waals surface area contributed by atoms with Gasteiger partial charge in [-0.05, 0) is 25.3 Å². The maximum absolute atomic E-state index is 11.3. The van der Waals surface area contributed by atoms with E-state index in [-0.39, 0.29) is 6.04 Å². The number of nitrogens with zero attached hydrogens (tertiary/aromatic N) is 1. The summed E-state index contributed by atoms with van der Waals surface area (Å²) in [5.41, 5.74) is 0. The van der Waals surface area contributed by atoms with E-state index in [1.807, 2.05) is 4.90 Å². The molecule has 1 saturated heterocycles. The van der Waals surface area contributed by atoms with Crippen LogP contribution in [0.25, 0.3) is 0 Å². The van der Waals surface area contributed by atoms with E-state index in [0.29, 0.717) is 32.3 Å². The number of methoxy groups -OCH3 is 1. The van der Waals surface area contributed by atoms with Crippen LogP contribution in [0, 0.1) is 5.92 Å². The van der Waals surface area contributed by atoms with Gasteiger partial charge in [-0.2, -0.15) is 0 Å². The number of hydrogen-bond donors (Lipinski definition) is 1. The first kappa shape index (κ1) is 15.4. The van der Waals surface area contributed by atoms with Crippen LogP contribution in [0.3, 0.4) is 0 Å². The predicted octanol–water partition coefficient (Wildman–Crippen LogP) is 1.22. The van der Waals surface area contributed by atoms with Crippen LogP contribution in [0.4, 0.5) is 0 Å². The Morgan fingerprint density at radius 2 is 2.17 bits per heavy atom. The molecule has 0 bridgehead atoms. The molecule has 0 amide bonds. The van der Waals surface area contributed by atoms with Crippen molar-refractivity contribution in [1.29, 1.82) is 0 Å². The molecule has 0 saturated carbocycles. The molecule has 0 aromatic rings. The zero-order chi connectivity index (χ0) is 13.4. The van der Waals surface area contributed by atoms with Crippen LogP contribution in [0.15, 0.2) is 0 Å². The molecule has 0 aliphatic carbocycles. The number of piperidine rings is 1. The van der Waals surface area contributed by atoms with Crippen molar-refractivity contribution in [2.45, 2.75) is 32.2 Å². The molecule has 1 fully saturated rings. The van der Waals surface area contributed by atoms with Crippen LogP contribution in [-0.4, -0.2) is 62.0 Å². The summed E-state index contributed by atoms with van der Waals surface area (Å²) in [5.74, 6) is -0.151. The topological polar surface area (TPSA) is 59.0 Å². The molecule has 0 spiro atoms. The van der Waals surface area contributed by atoms with E-state index in [0.717, 1.165) is 25.8 Å². The zero-order valence-electron chi connectivity index (χ0n) is 11.4. The molecule has 0 aromatic carbocycles. The summed E-state index contributed by atoms with van der Waals surface area (Å²) in [6.07, 6.45) is 2.93. The van der Waals surface area contributed by atoms with Gasteiger partial charge in [0.25, 0.3) is 0 Å². The van der Waals surface area contributed by atoms with Crippen LogP contribution < -0.4 is 0 Å². The van der Waals surface area contributed by atoms with E-state index in [2.05, 4.69) is 6.92 Å². The van der Waals surface area contributed by atoms with E-state index in [4.69, 9.17) is 9.47 Å². The second-order valence-corrected chi connectivity index (χ2v) is 4.79. The number of carboxylic acid groups (broad SMARTS) is 1. The monoisotopic (exact) mass is 259 g/mol. The molecule has 1 N–H and O–H groups in total. The lowest BCUT2D eigenvalue weighted by atomic mass is 9.89. The molecule has 18 heavy (non-hydrogen) atoms. The number of aliphatic carboxylic acids is 1. The van der Waals surface area contributed by atoms with Crippen molar-refractivity contribution in [3.63, 3.8) is 0 Å². The third-order valence-corrected chi connectivity index (χ3v) is 3.64. The third kappa shape index (κ3) is 4.92. The third-order valence-electron chi connectivity index (χ3n) is 3.64. The summed E-state index contributed by atoms with van der Waals surface area (Å²) < 4.78 is 10.3. The smallest absolute Gasteiger partial charge is 0.320 e. The Balaban J connectivity index is 2.31. The number of hydrogen-bond acceptors (Lipinski definition) is 4.